The molecule has 0 saturated heterocycles. The molecule has 2 aromatic rings. The van der Waals surface area contributed by atoms with Gasteiger partial charge in [-0.3, -0.25) is 0 Å². The Kier molecular flexibility index (Phi) is 3.88. The van der Waals surface area contributed by atoms with E-state index in [0.717, 1.165) is 18.0 Å². The number of thiazole rings is 1. The predicted molar refractivity (Wildman–Crippen MR) is 66.4 cm³/mol. The van der Waals surface area contributed by atoms with Gasteiger partial charge in [-0.2, -0.15) is 11.3 Å². The maximum atomic E-state index is 4.24. The molecule has 2 rings (SSSR count). The second kappa shape index (κ2) is 5.39. The van der Waals surface area contributed by atoms with Crippen molar-refractivity contribution < 1.29 is 0 Å². The summed E-state index contributed by atoms with van der Waals surface area (Å²) >= 11 is 3.46. The third-order valence-corrected chi connectivity index (χ3v) is 3.72. The predicted octanol–water partition coefficient (Wildman–Crippen LogP) is 2.93. The van der Waals surface area contributed by atoms with Crippen molar-refractivity contribution in [3.05, 3.63) is 39.0 Å². The van der Waals surface area contributed by atoms with E-state index in [4.69, 9.17) is 0 Å². The van der Waals surface area contributed by atoms with Crippen molar-refractivity contribution in [2.75, 3.05) is 0 Å². The topological polar surface area (TPSA) is 24.9 Å². The lowest BCUT2D eigenvalue weighted by Crippen LogP contribution is -2.27. The zero-order valence-corrected chi connectivity index (χ0v) is 10.3. The van der Waals surface area contributed by atoms with E-state index in [2.05, 4.69) is 34.1 Å². The second-order valence-electron chi connectivity index (χ2n) is 3.54. The first-order chi connectivity index (χ1) is 7.34. The van der Waals surface area contributed by atoms with Crippen LogP contribution in [0.2, 0.25) is 0 Å². The molecule has 0 saturated carbocycles. The van der Waals surface area contributed by atoms with Crippen molar-refractivity contribution >= 4 is 22.7 Å². The number of rotatable bonds is 5. The summed E-state index contributed by atoms with van der Waals surface area (Å²) in [6, 6.07) is 2.69. The monoisotopic (exact) mass is 238 g/mol. The van der Waals surface area contributed by atoms with Crippen LogP contribution < -0.4 is 5.32 Å². The Hall–Kier alpha value is -0.710. The molecule has 2 nitrogen and oxygen atoms in total. The fraction of sp³-hybridized carbons (Fsp3) is 0.364. The molecule has 2 heterocycles. The summed E-state index contributed by atoms with van der Waals surface area (Å²) in [4.78, 5) is 4.24. The van der Waals surface area contributed by atoms with Crippen LogP contribution in [0.4, 0.5) is 0 Å². The first-order valence-corrected chi connectivity index (χ1v) is 6.79. The second-order valence-corrected chi connectivity index (χ2v) is 5.30. The average molecular weight is 238 g/mol. The highest BCUT2D eigenvalue weighted by Gasteiger charge is 2.04. The van der Waals surface area contributed by atoms with E-state index in [0.29, 0.717) is 6.04 Å². The SMILES string of the molecule is CC(Cc1ccsc1)NCc1nccs1. The third kappa shape index (κ3) is 3.41. The highest BCUT2D eigenvalue weighted by molar-refractivity contribution is 7.09. The van der Waals surface area contributed by atoms with Gasteiger partial charge in [0.15, 0.2) is 0 Å². The quantitative estimate of drug-likeness (QED) is 0.866. The van der Waals surface area contributed by atoms with Gasteiger partial charge in [-0.1, -0.05) is 0 Å². The molecular formula is C11H14N2S2. The lowest BCUT2D eigenvalue weighted by molar-refractivity contribution is 0.545. The molecule has 0 aliphatic carbocycles. The molecule has 80 valence electrons. The van der Waals surface area contributed by atoms with Crippen molar-refractivity contribution in [2.45, 2.75) is 25.9 Å². The number of nitrogens with zero attached hydrogens (tertiary/aromatic N) is 1. The zero-order valence-electron chi connectivity index (χ0n) is 8.64. The van der Waals surface area contributed by atoms with Gasteiger partial charge in [0.2, 0.25) is 0 Å². The lowest BCUT2D eigenvalue weighted by Gasteiger charge is -2.11. The van der Waals surface area contributed by atoms with Crippen LogP contribution in [0.1, 0.15) is 17.5 Å². The first-order valence-electron chi connectivity index (χ1n) is 4.97. The zero-order chi connectivity index (χ0) is 10.5. The summed E-state index contributed by atoms with van der Waals surface area (Å²) in [7, 11) is 0. The maximum absolute atomic E-state index is 4.24. The number of aromatic nitrogens is 1. The number of nitrogens with one attached hydrogen (secondary N) is 1. The Bertz CT molecular complexity index is 367. The van der Waals surface area contributed by atoms with Gasteiger partial charge < -0.3 is 5.32 Å². The lowest BCUT2D eigenvalue weighted by atomic mass is 10.1. The van der Waals surface area contributed by atoms with E-state index in [9.17, 15) is 0 Å². The largest absolute Gasteiger partial charge is 0.308 e. The van der Waals surface area contributed by atoms with Crippen LogP contribution in [-0.2, 0) is 13.0 Å². The van der Waals surface area contributed by atoms with Gasteiger partial charge in [0.05, 0.1) is 0 Å². The molecule has 0 bridgehead atoms. The molecule has 2 aromatic heterocycles. The molecule has 0 radical (unpaired) electrons. The summed E-state index contributed by atoms with van der Waals surface area (Å²) in [6.45, 7) is 3.09. The summed E-state index contributed by atoms with van der Waals surface area (Å²) < 4.78 is 0. The summed E-state index contributed by atoms with van der Waals surface area (Å²) in [5.74, 6) is 0. The van der Waals surface area contributed by atoms with E-state index < -0.39 is 0 Å². The normalized spacial score (nSPS) is 12.9. The van der Waals surface area contributed by atoms with E-state index in [1.165, 1.54) is 5.56 Å². The van der Waals surface area contributed by atoms with Gasteiger partial charge >= 0.3 is 0 Å². The number of hydrogen-bond acceptors (Lipinski definition) is 4. The average Bonchev–Trinajstić information content (AvgIpc) is 2.86. The van der Waals surface area contributed by atoms with Crippen LogP contribution in [0.15, 0.2) is 28.4 Å². The van der Waals surface area contributed by atoms with E-state index in [-0.39, 0.29) is 0 Å². The van der Waals surface area contributed by atoms with Gasteiger partial charge in [-0.05, 0) is 35.7 Å². The number of hydrogen-bond donors (Lipinski definition) is 1. The Morgan fingerprint density at radius 3 is 3.07 bits per heavy atom. The van der Waals surface area contributed by atoms with E-state index in [1.54, 1.807) is 22.7 Å². The minimum Gasteiger partial charge on any atom is -0.308 e. The first kappa shape index (κ1) is 10.8. The van der Waals surface area contributed by atoms with Gasteiger partial charge in [0, 0.05) is 24.2 Å². The molecule has 0 aromatic carbocycles. The van der Waals surface area contributed by atoms with Crippen LogP contribution >= 0.6 is 22.7 Å². The van der Waals surface area contributed by atoms with Crippen molar-refractivity contribution in [3.8, 4) is 0 Å². The Morgan fingerprint density at radius 2 is 2.40 bits per heavy atom. The summed E-state index contributed by atoms with van der Waals surface area (Å²) in [5, 5.41) is 11.0. The Balaban J connectivity index is 1.76. The van der Waals surface area contributed by atoms with Gasteiger partial charge in [0.25, 0.3) is 0 Å². The summed E-state index contributed by atoms with van der Waals surface area (Å²) in [5.41, 5.74) is 1.42. The minimum atomic E-state index is 0.503. The van der Waals surface area contributed by atoms with Crippen LogP contribution in [0.5, 0.6) is 0 Å². The van der Waals surface area contributed by atoms with Crippen molar-refractivity contribution in [1.29, 1.82) is 0 Å². The van der Waals surface area contributed by atoms with Gasteiger partial charge in [-0.15, -0.1) is 11.3 Å². The van der Waals surface area contributed by atoms with Gasteiger partial charge in [-0.25, -0.2) is 4.98 Å². The molecule has 0 spiro atoms. The van der Waals surface area contributed by atoms with Crippen LogP contribution in [0.3, 0.4) is 0 Å². The van der Waals surface area contributed by atoms with Crippen LogP contribution in [0.25, 0.3) is 0 Å². The van der Waals surface area contributed by atoms with Crippen molar-refractivity contribution in [3.63, 3.8) is 0 Å². The maximum Gasteiger partial charge on any atom is 0.106 e. The standard InChI is InChI=1S/C11H14N2S2/c1-9(6-10-2-4-14-8-10)13-7-11-12-3-5-15-11/h2-5,8-9,13H,6-7H2,1H3. The van der Waals surface area contributed by atoms with Gasteiger partial charge in [0.1, 0.15) is 5.01 Å². The molecule has 15 heavy (non-hydrogen) atoms. The fourth-order valence-electron chi connectivity index (χ4n) is 1.44. The molecule has 0 fully saturated rings. The van der Waals surface area contributed by atoms with Crippen LogP contribution in [0, 0.1) is 0 Å². The molecule has 1 N–H and O–H groups in total. The smallest absolute Gasteiger partial charge is 0.106 e. The molecule has 1 unspecified atom stereocenters. The Labute approximate surface area is 98.0 Å². The minimum absolute atomic E-state index is 0.503. The molecule has 0 aliphatic rings. The Morgan fingerprint density at radius 1 is 1.47 bits per heavy atom. The van der Waals surface area contributed by atoms with E-state index >= 15 is 0 Å². The highest BCUT2D eigenvalue weighted by atomic mass is 32.1. The molecule has 4 heteroatoms. The molecule has 0 aliphatic heterocycles. The van der Waals surface area contributed by atoms with E-state index in [1.807, 2.05) is 11.6 Å². The van der Waals surface area contributed by atoms with Crippen LogP contribution in [-0.4, -0.2) is 11.0 Å². The highest BCUT2D eigenvalue weighted by Crippen LogP contribution is 2.09. The van der Waals surface area contributed by atoms with Crippen molar-refractivity contribution in [2.24, 2.45) is 0 Å². The molecule has 0 amide bonds. The van der Waals surface area contributed by atoms with Crippen molar-refractivity contribution in [1.82, 2.24) is 10.3 Å². The summed E-state index contributed by atoms with van der Waals surface area (Å²) in [6.07, 6.45) is 2.94. The molecule has 1 atom stereocenters. The number of thiophene rings is 1. The molecular weight excluding hydrogens is 224 g/mol. The third-order valence-electron chi connectivity index (χ3n) is 2.21. The fourth-order valence-corrected chi connectivity index (χ4v) is 2.69.